The SMILES string of the molecule is CCOC(=O)C#C[C@H](C)OCOCCOC. The van der Waals surface area contributed by atoms with Crippen molar-refractivity contribution in [3.8, 4) is 11.8 Å². The van der Waals surface area contributed by atoms with E-state index < -0.39 is 5.97 Å². The zero-order valence-electron chi connectivity index (χ0n) is 9.95. The Kier molecular flexibility index (Phi) is 9.72. The molecule has 0 aliphatic rings. The van der Waals surface area contributed by atoms with E-state index in [9.17, 15) is 4.79 Å². The molecule has 0 bridgehead atoms. The van der Waals surface area contributed by atoms with Gasteiger partial charge in [0.2, 0.25) is 0 Å². The van der Waals surface area contributed by atoms with Crippen molar-refractivity contribution in [3.05, 3.63) is 0 Å². The standard InChI is InChI=1S/C11H18O5/c1-4-15-11(12)6-5-10(2)16-9-14-8-7-13-3/h10H,4,7-9H2,1-3H3/t10-/m0/s1. The van der Waals surface area contributed by atoms with E-state index in [1.165, 1.54) is 0 Å². The normalized spacial score (nSPS) is 11.4. The molecule has 0 unspecified atom stereocenters. The van der Waals surface area contributed by atoms with Gasteiger partial charge in [0.05, 0.1) is 19.8 Å². The van der Waals surface area contributed by atoms with Gasteiger partial charge in [-0.1, -0.05) is 5.92 Å². The van der Waals surface area contributed by atoms with Gasteiger partial charge in [0.1, 0.15) is 12.9 Å². The third kappa shape index (κ3) is 9.46. The lowest BCUT2D eigenvalue weighted by Crippen LogP contribution is -2.12. The third-order valence-corrected chi connectivity index (χ3v) is 1.49. The number of esters is 1. The molecule has 0 saturated heterocycles. The minimum Gasteiger partial charge on any atom is -0.456 e. The van der Waals surface area contributed by atoms with Gasteiger partial charge < -0.3 is 18.9 Å². The summed E-state index contributed by atoms with van der Waals surface area (Å²) < 4.78 is 19.6. The van der Waals surface area contributed by atoms with E-state index in [-0.39, 0.29) is 12.9 Å². The molecule has 0 aromatic heterocycles. The maximum Gasteiger partial charge on any atom is 0.384 e. The van der Waals surface area contributed by atoms with Gasteiger partial charge in [-0.25, -0.2) is 4.79 Å². The molecule has 0 saturated carbocycles. The van der Waals surface area contributed by atoms with E-state index in [4.69, 9.17) is 14.2 Å². The van der Waals surface area contributed by atoms with Crippen LogP contribution in [0.15, 0.2) is 0 Å². The number of methoxy groups -OCH3 is 1. The largest absolute Gasteiger partial charge is 0.456 e. The lowest BCUT2D eigenvalue weighted by molar-refractivity contribution is -0.136. The highest BCUT2D eigenvalue weighted by Gasteiger charge is 1.98. The third-order valence-electron chi connectivity index (χ3n) is 1.49. The van der Waals surface area contributed by atoms with Crippen molar-refractivity contribution in [2.45, 2.75) is 20.0 Å². The molecule has 1 atom stereocenters. The molecule has 0 rings (SSSR count). The van der Waals surface area contributed by atoms with E-state index in [2.05, 4.69) is 16.6 Å². The highest BCUT2D eigenvalue weighted by molar-refractivity contribution is 5.88. The number of rotatable bonds is 7. The fourth-order valence-corrected chi connectivity index (χ4v) is 0.721. The molecule has 0 aromatic carbocycles. The second-order valence-corrected chi connectivity index (χ2v) is 2.82. The maximum atomic E-state index is 10.9. The van der Waals surface area contributed by atoms with Gasteiger partial charge in [-0.2, -0.15) is 0 Å². The van der Waals surface area contributed by atoms with Crippen LogP contribution in [-0.2, 0) is 23.7 Å². The molecule has 0 heterocycles. The molecule has 92 valence electrons. The Morgan fingerprint density at radius 2 is 2.12 bits per heavy atom. The predicted octanol–water partition coefficient (Wildman–Crippen LogP) is 0.579. The van der Waals surface area contributed by atoms with Crippen LogP contribution in [0, 0.1) is 11.8 Å². The Morgan fingerprint density at radius 1 is 1.38 bits per heavy atom. The van der Waals surface area contributed by atoms with E-state index in [1.807, 2.05) is 0 Å². The molecule has 5 heteroatoms. The summed E-state index contributed by atoms with van der Waals surface area (Å²) in [6, 6.07) is 0. The summed E-state index contributed by atoms with van der Waals surface area (Å²) in [7, 11) is 1.59. The molecule has 0 aliphatic heterocycles. The van der Waals surface area contributed by atoms with Crippen LogP contribution in [0.2, 0.25) is 0 Å². The second kappa shape index (κ2) is 10.4. The van der Waals surface area contributed by atoms with Crippen LogP contribution < -0.4 is 0 Å². The van der Waals surface area contributed by atoms with Gasteiger partial charge in [0.25, 0.3) is 0 Å². The Hall–Kier alpha value is -1.09. The minimum atomic E-state index is -0.543. The lowest BCUT2D eigenvalue weighted by Gasteiger charge is -2.07. The molecule has 0 spiro atoms. The molecule has 5 nitrogen and oxygen atoms in total. The lowest BCUT2D eigenvalue weighted by atomic mass is 10.4. The summed E-state index contributed by atoms with van der Waals surface area (Å²) in [6.07, 6.45) is -0.369. The van der Waals surface area contributed by atoms with E-state index >= 15 is 0 Å². The summed E-state index contributed by atoms with van der Waals surface area (Å²) >= 11 is 0. The Bertz CT molecular complexity index is 240. The number of carbonyl (C=O) groups is 1. The van der Waals surface area contributed by atoms with E-state index in [0.717, 1.165) is 0 Å². The zero-order valence-corrected chi connectivity index (χ0v) is 9.95. The summed E-state index contributed by atoms with van der Waals surface area (Å²) in [4.78, 5) is 10.9. The minimum absolute atomic E-state index is 0.127. The average Bonchev–Trinajstić information content (AvgIpc) is 2.26. The van der Waals surface area contributed by atoms with Crippen LogP contribution in [0.3, 0.4) is 0 Å². The molecular weight excluding hydrogens is 212 g/mol. The van der Waals surface area contributed by atoms with Crippen LogP contribution >= 0.6 is 0 Å². The van der Waals surface area contributed by atoms with Crippen LogP contribution in [-0.4, -0.2) is 45.8 Å². The van der Waals surface area contributed by atoms with Crippen LogP contribution in [0.5, 0.6) is 0 Å². The average molecular weight is 230 g/mol. The van der Waals surface area contributed by atoms with Crippen molar-refractivity contribution in [2.75, 3.05) is 33.7 Å². The zero-order chi connectivity index (χ0) is 12.2. The smallest absolute Gasteiger partial charge is 0.384 e. The maximum absolute atomic E-state index is 10.9. The first kappa shape index (κ1) is 14.9. The molecule has 16 heavy (non-hydrogen) atoms. The van der Waals surface area contributed by atoms with Crippen molar-refractivity contribution < 1.29 is 23.7 Å². The van der Waals surface area contributed by atoms with Gasteiger partial charge in [-0.05, 0) is 13.8 Å². The van der Waals surface area contributed by atoms with Crippen LogP contribution in [0.25, 0.3) is 0 Å². The molecular formula is C11H18O5. The monoisotopic (exact) mass is 230 g/mol. The number of hydrogen-bond donors (Lipinski definition) is 0. The predicted molar refractivity (Wildman–Crippen MR) is 57.7 cm³/mol. The Balaban J connectivity index is 3.56. The molecule has 0 amide bonds. The summed E-state index contributed by atoms with van der Waals surface area (Å²) in [5.41, 5.74) is 0. The van der Waals surface area contributed by atoms with Crippen molar-refractivity contribution >= 4 is 5.97 Å². The van der Waals surface area contributed by atoms with Gasteiger partial charge in [0, 0.05) is 13.0 Å². The molecule has 0 aliphatic carbocycles. The molecule has 0 aromatic rings. The Morgan fingerprint density at radius 3 is 2.75 bits per heavy atom. The fourth-order valence-electron chi connectivity index (χ4n) is 0.721. The van der Waals surface area contributed by atoms with Crippen molar-refractivity contribution in [1.82, 2.24) is 0 Å². The van der Waals surface area contributed by atoms with Crippen LogP contribution in [0.4, 0.5) is 0 Å². The first-order valence-electron chi connectivity index (χ1n) is 5.07. The molecule has 0 radical (unpaired) electrons. The van der Waals surface area contributed by atoms with Gasteiger partial charge >= 0.3 is 5.97 Å². The topological polar surface area (TPSA) is 54.0 Å². The summed E-state index contributed by atoms with van der Waals surface area (Å²) in [6.45, 7) is 4.89. The van der Waals surface area contributed by atoms with Gasteiger partial charge in [-0.3, -0.25) is 0 Å². The van der Waals surface area contributed by atoms with Gasteiger partial charge in [0.15, 0.2) is 0 Å². The van der Waals surface area contributed by atoms with Crippen molar-refractivity contribution in [3.63, 3.8) is 0 Å². The first-order chi connectivity index (χ1) is 7.70. The fraction of sp³-hybridized carbons (Fsp3) is 0.727. The second-order valence-electron chi connectivity index (χ2n) is 2.82. The van der Waals surface area contributed by atoms with Crippen molar-refractivity contribution in [2.24, 2.45) is 0 Å². The first-order valence-corrected chi connectivity index (χ1v) is 5.07. The number of hydrogen-bond acceptors (Lipinski definition) is 5. The van der Waals surface area contributed by atoms with Crippen LogP contribution in [0.1, 0.15) is 13.8 Å². The van der Waals surface area contributed by atoms with Crippen molar-refractivity contribution in [1.29, 1.82) is 0 Å². The number of carbonyl (C=O) groups excluding carboxylic acids is 1. The number of ether oxygens (including phenoxy) is 4. The van der Waals surface area contributed by atoms with E-state index in [1.54, 1.807) is 21.0 Å². The highest BCUT2D eigenvalue weighted by atomic mass is 16.7. The highest BCUT2D eigenvalue weighted by Crippen LogP contribution is 1.89. The molecule has 0 N–H and O–H groups in total. The summed E-state index contributed by atoms with van der Waals surface area (Å²) in [5.74, 6) is 4.38. The quantitative estimate of drug-likeness (QED) is 0.210. The Labute approximate surface area is 96.0 Å². The molecule has 0 fully saturated rings. The van der Waals surface area contributed by atoms with E-state index in [0.29, 0.717) is 19.8 Å². The summed E-state index contributed by atoms with van der Waals surface area (Å²) in [5, 5.41) is 0. The van der Waals surface area contributed by atoms with Gasteiger partial charge in [-0.15, -0.1) is 0 Å².